The lowest BCUT2D eigenvalue weighted by atomic mass is 9.88. The molecule has 6 aliphatic rings. The maximum absolute atomic E-state index is 13.1. The Bertz CT molecular complexity index is 6430. The lowest BCUT2D eigenvalue weighted by Gasteiger charge is -2.19. The number of aliphatic imine (C=N–C) groups is 3. The summed E-state index contributed by atoms with van der Waals surface area (Å²) in [7, 11) is 10.1. The van der Waals surface area contributed by atoms with Crippen molar-refractivity contribution in [1.82, 2.24) is 47.9 Å². The number of nitrogens with two attached hydrogens (primary N) is 1. The third-order valence-corrected chi connectivity index (χ3v) is 21.5. The summed E-state index contributed by atoms with van der Waals surface area (Å²) in [4.78, 5) is 136. The summed E-state index contributed by atoms with van der Waals surface area (Å²) in [5.41, 5.74) is 14.4. The van der Waals surface area contributed by atoms with Crippen LogP contribution in [-0.4, -0.2) is 180 Å². The zero-order valence-electron chi connectivity index (χ0n) is 71.9. The highest BCUT2D eigenvalue weighted by Gasteiger charge is 2.30. The molecule has 0 unspecified atom stereocenters. The number of hydrogen-bond acceptors (Lipinski definition) is 21. The van der Waals surface area contributed by atoms with E-state index in [1.54, 1.807) is 144 Å². The molecular weight excluding hydrogens is 1640 g/mol. The van der Waals surface area contributed by atoms with Crippen LogP contribution in [0.25, 0.3) is 100 Å². The monoisotopic (exact) mass is 1740 g/mol. The molecule has 0 radical (unpaired) electrons. The van der Waals surface area contributed by atoms with Crippen molar-refractivity contribution in [2.45, 2.75) is 111 Å². The Kier molecular flexibility index (Phi) is 31.0. The highest BCUT2D eigenvalue weighted by molar-refractivity contribution is 6.12. The van der Waals surface area contributed by atoms with Gasteiger partial charge in [-0.25, -0.2) is 19.2 Å². The molecule has 2 amide bonds. The number of nitrogens with zero attached hydrogens (tertiary/aromatic N) is 3. The molecule has 0 saturated heterocycles. The molecule has 34 nitrogen and oxygen atoms in total. The van der Waals surface area contributed by atoms with Crippen LogP contribution in [-0.2, 0) is 27.5 Å². The molecule has 664 valence electrons. The molecule has 127 heavy (non-hydrogen) atoms. The minimum Gasteiger partial charge on any atom is -0.508 e. The summed E-state index contributed by atoms with van der Waals surface area (Å²) < 4.78 is 17.9. The van der Waals surface area contributed by atoms with E-state index in [1.165, 1.54) is 66.7 Å². The number of benzene rings is 9. The number of carboxylic acids is 5. The number of guanidine groups is 3. The summed E-state index contributed by atoms with van der Waals surface area (Å²) in [6.45, 7) is 11.9. The zero-order valence-corrected chi connectivity index (χ0v) is 71.9. The molecule has 19 N–H and O–H groups in total. The minimum atomic E-state index is -1.32. The predicted octanol–water partition coefficient (Wildman–Crippen LogP) is 10.2. The molecule has 0 saturated carbocycles. The van der Waals surface area contributed by atoms with E-state index in [2.05, 4.69) is 62.8 Å². The average molecular weight is 1740 g/mol. The second kappa shape index (κ2) is 41.8. The molecule has 6 aromatic rings. The van der Waals surface area contributed by atoms with Crippen molar-refractivity contribution in [2.75, 3.05) is 61.9 Å². The molecule has 3 aliphatic heterocycles. The first kappa shape index (κ1) is 94.1. The smallest absolute Gasteiger partial charge is 0.336 e. The van der Waals surface area contributed by atoms with Gasteiger partial charge in [-0.3, -0.25) is 43.7 Å². The van der Waals surface area contributed by atoms with Crippen molar-refractivity contribution in [3.63, 3.8) is 0 Å². The molecule has 12 rings (SSSR count). The molecular formula is C93H101N13O21. The molecule has 34 heteroatoms. The van der Waals surface area contributed by atoms with Gasteiger partial charge in [-0.05, 0) is 202 Å². The van der Waals surface area contributed by atoms with Gasteiger partial charge < -0.3 is 108 Å². The Balaban J connectivity index is 0.000000199. The van der Waals surface area contributed by atoms with Crippen LogP contribution in [0, 0.1) is 41.5 Å². The Labute approximate surface area is 727 Å². The van der Waals surface area contributed by atoms with E-state index >= 15 is 0 Å². The standard InChI is InChI=1S/C31H35N5O6.C31H32N4O8.C31H34N4O7/c1-16-10-21-26(13-24(16)37)42-27-14-25(38)17(2)11-22(27)28(21)19-8-7-18(12-20(19)30(40)41)15-36-29(39)23(32)6-5-9-35-31(33-3)34-4;1-15-10-20-25(13-23(15)36)43-26-14-24(37)16(2)11-21(26)27(20)18-8-7-17(12-19(18)29(39)40)28(38)35-22(30(41)42)6-5-9-34-31(32-3)33-4;1-16-10-21-26(13-24(16)36)42-27-14-25(37)17(2)11-22(27)28(21)19-8-7-18(12-20(19)29(38)39)15-35-23(30(40)41)6-5-9-34-31(32-3)33-4/h7-8,10-14,23,37H,5-6,9,15,32H2,1-4H3,(H,36,39)(H,40,41)(H2,33,34,35);7-8,10-14,22,36H,5-6,9H2,1-4H3,(H,35,38)(H,39,40)(H,41,42)(H2,32,33,34);7-8,10-14,23,35-36H,5-6,9,15H2,1-4H3,(H,38,39)(H,40,41)(H2,32,33,34)/t23-;22-;23-/m000/s1. The van der Waals surface area contributed by atoms with Gasteiger partial charge in [0.2, 0.25) is 5.91 Å². The van der Waals surface area contributed by atoms with Gasteiger partial charge in [0, 0.05) is 167 Å². The summed E-state index contributed by atoms with van der Waals surface area (Å²) >= 11 is 0. The summed E-state index contributed by atoms with van der Waals surface area (Å²) in [5.74, 6) is -4.42. The third-order valence-electron chi connectivity index (χ3n) is 21.5. The number of nitrogens with one attached hydrogen (secondary N) is 9. The van der Waals surface area contributed by atoms with Crippen LogP contribution in [0.15, 0.2) is 170 Å². The average Bonchev–Trinajstić information content (AvgIpc) is 0.749. The van der Waals surface area contributed by atoms with Gasteiger partial charge in [0.05, 0.1) is 22.7 Å². The fourth-order valence-corrected chi connectivity index (χ4v) is 14.6. The number of amides is 2. The first-order chi connectivity index (χ1) is 60.5. The lowest BCUT2D eigenvalue weighted by Crippen LogP contribution is -2.42. The van der Waals surface area contributed by atoms with E-state index in [1.807, 2.05) is 0 Å². The fraction of sp³-hybridized carbons (Fsp3) is 0.280. The van der Waals surface area contributed by atoms with Gasteiger partial charge in [0.15, 0.2) is 34.2 Å². The topological polar surface area (TPSA) is 543 Å². The molecule has 3 heterocycles. The first-order valence-corrected chi connectivity index (χ1v) is 40.4. The number of aliphatic carboxylic acids is 2. The molecule has 0 aromatic heterocycles. The SMILES string of the molecule is CN=C(NC)NCCC[C@H](N)C(=O)NCc1ccc(-c2c3cc(C)c(=O)cc-3oc3cc(O)c(C)cc23)c(C(=O)O)c1.CN=C(NC)NCCC[C@H](NC(=O)c1ccc(-c2c3cc(C)c(=O)cc-3oc3cc(O)c(C)cc23)c(C(=O)O)c1)C(=O)O.CN=C(NC)NCCC[C@H](NCc1ccc(-c2c3cc(C)c(=O)cc-3oc3cc(O)c(C)cc23)c(C(=O)O)c1)C(=O)O. The number of phenols is 3. The third kappa shape index (κ3) is 22.3. The highest BCUT2D eigenvalue weighted by atomic mass is 16.4. The summed E-state index contributed by atoms with van der Waals surface area (Å²) in [5, 5.41) is 109. The molecule has 0 bridgehead atoms. The van der Waals surface area contributed by atoms with Gasteiger partial charge in [0.1, 0.15) is 63.4 Å². The minimum absolute atomic E-state index is 0.00667. The van der Waals surface area contributed by atoms with E-state index in [0.717, 1.165) is 0 Å². The van der Waals surface area contributed by atoms with Crippen molar-refractivity contribution in [3.8, 4) is 84.6 Å². The predicted molar refractivity (Wildman–Crippen MR) is 484 cm³/mol. The Morgan fingerprint density at radius 3 is 1.08 bits per heavy atom. The number of rotatable bonds is 28. The van der Waals surface area contributed by atoms with E-state index in [-0.39, 0.29) is 110 Å². The quantitative estimate of drug-likeness (QED) is 0.00937. The van der Waals surface area contributed by atoms with Crippen LogP contribution in [0.2, 0.25) is 0 Å². The number of phenolic OH excluding ortho intramolecular Hbond substituents is 3. The van der Waals surface area contributed by atoms with Crippen LogP contribution in [0.4, 0.5) is 0 Å². The van der Waals surface area contributed by atoms with E-state index in [9.17, 15) is 88.8 Å². The molecule has 3 aliphatic carbocycles. The Morgan fingerprint density at radius 2 is 0.732 bits per heavy atom. The lowest BCUT2D eigenvalue weighted by molar-refractivity contribution is -0.140. The van der Waals surface area contributed by atoms with Crippen molar-refractivity contribution in [2.24, 2.45) is 20.7 Å². The van der Waals surface area contributed by atoms with Crippen molar-refractivity contribution in [3.05, 3.63) is 225 Å². The van der Waals surface area contributed by atoms with Crippen LogP contribution in [0.3, 0.4) is 0 Å². The largest absolute Gasteiger partial charge is 0.508 e. The maximum atomic E-state index is 13.1. The molecule has 3 atom stereocenters. The zero-order chi connectivity index (χ0) is 92.5. The fourth-order valence-electron chi connectivity index (χ4n) is 14.6. The van der Waals surface area contributed by atoms with Gasteiger partial charge in [-0.15, -0.1) is 0 Å². The first-order valence-electron chi connectivity index (χ1n) is 40.4. The second-order valence-electron chi connectivity index (χ2n) is 30.2. The van der Waals surface area contributed by atoms with Crippen LogP contribution in [0.5, 0.6) is 17.2 Å². The summed E-state index contributed by atoms with van der Waals surface area (Å²) in [6, 6.07) is 29.6. The molecule has 0 spiro atoms. The van der Waals surface area contributed by atoms with Crippen LogP contribution in [0.1, 0.15) is 124 Å². The number of carbonyl (C=O) groups excluding carboxylic acids is 2. The number of aromatic hydroxyl groups is 3. The number of aromatic carboxylic acids is 3. The van der Waals surface area contributed by atoms with E-state index < -0.39 is 53.9 Å². The number of fused-ring (bicyclic) bond motifs is 6. The molecule has 6 aromatic carbocycles. The van der Waals surface area contributed by atoms with Gasteiger partial charge in [-0.2, -0.15) is 0 Å². The number of carbonyl (C=O) groups is 7. The number of carboxylic acid groups (broad SMARTS) is 5. The Hall–Kier alpha value is -15.2. The summed E-state index contributed by atoms with van der Waals surface area (Å²) in [6.07, 6.45) is 2.57. The molecule has 0 fully saturated rings. The second-order valence-corrected chi connectivity index (χ2v) is 30.2. The van der Waals surface area contributed by atoms with Gasteiger partial charge in [-0.1, -0.05) is 30.3 Å². The van der Waals surface area contributed by atoms with Gasteiger partial charge >= 0.3 is 29.8 Å². The van der Waals surface area contributed by atoms with Crippen molar-refractivity contribution < 1.29 is 87.7 Å². The van der Waals surface area contributed by atoms with E-state index in [0.29, 0.717) is 186 Å². The normalized spacial score (nSPS) is 12.3. The van der Waals surface area contributed by atoms with Gasteiger partial charge in [0.25, 0.3) is 5.91 Å². The van der Waals surface area contributed by atoms with Crippen molar-refractivity contribution in [1.29, 1.82) is 0 Å². The highest BCUT2D eigenvalue weighted by Crippen LogP contribution is 2.47. The van der Waals surface area contributed by atoms with Crippen molar-refractivity contribution >= 4 is 92.4 Å². The number of aryl methyl sites for hydroxylation is 6. The van der Waals surface area contributed by atoms with Crippen LogP contribution < -0.4 is 69.9 Å². The Morgan fingerprint density at radius 1 is 0.394 bits per heavy atom. The van der Waals surface area contributed by atoms with E-state index in [4.69, 9.17) is 19.0 Å². The van der Waals surface area contributed by atoms with Crippen LogP contribution >= 0.6 is 0 Å². The maximum Gasteiger partial charge on any atom is 0.336 e. The number of hydrogen-bond donors (Lipinski definition) is 18.